The van der Waals surface area contributed by atoms with E-state index >= 15 is 0 Å². The number of fused-ring (bicyclic) bond motifs is 1. The first-order chi connectivity index (χ1) is 20.5. The predicted molar refractivity (Wildman–Crippen MR) is 162 cm³/mol. The largest absolute Gasteiger partial charge is 0.505 e. The van der Waals surface area contributed by atoms with E-state index < -0.39 is 5.97 Å². The Hall–Kier alpha value is -4.56. The molecule has 4 aromatic rings. The number of aromatic nitrogens is 2. The van der Waals surface area contributed by atoms with Gasteiger partial charge in [-0.05, 0) is 72.7 Å². The summed E-state index contributed by atoms with van der Waals surface area (Å²) in [5, 5.41) is 46.5. The molecule has 1 aliphatic rings. The van der Waals surface area contributed by atoms with Crippen LogP contribution in [0.1, 0.15) is 47.6 Å². The molecule has 13 heteroatoms. The average molecular weight is 595 g/mol. The molecule has 0 unspecified atom stereocenters. The van der Waals surface area contributed by atoms with E-state index in [1.807, 2.05) is 12.1 Å². The van der Waals surface area contributed by atoms with Crippen molar-refractivity contribution in [2.45, 2.75) is 39.0 Å². The number of nitrogens with two attached hydrogens (primary N) is 2. The molecule has 2 aromatic carbocycles. The van der Waals surface area contributed by atoms with Crippen LogP contribution in [0.25, 0.3) is 17.0 Å². The first kappa shape index (κ1) is 32.9. The number of azo groups is 1. The highest BCUT2D eigenvalue weighted by atomic mass is 16.4. The van der Waals surface area contributed by atoms with Crippen molar-refractivity contribution in [2.24, 2.45) is 21.7 Å². The van der Waals surface area contributed by atoms with Gasteiger partial charge in [0, 0.05) is 13.1 Å². The van der Waals surface area contributed by atoms with Crippen LogP contribution in [-0.2, 0) is 11.8 Å². The number of H-pyrrole nitrogens is 1. The van der Waals surface area contributed by atoms with Crippen molar-refractivity contribution in [3.8, 4) is 22.8 Å². The third-order valence-electron chi connectivity index (χ3n) is 6.75. The van der Waals surface area contributed by atoms with Crippen LogP contribution in [0, 0.1) is 6.92 Å². The van der Waals surface area contributed by atoms with Gasteiger partial charge in [0.1, 0.15) is 11.4 Å². The molecule has 0 amide bonds. The first-order valence-corrected chi connectivity index (χ1v) is 13.6. The Kier molecular flexibility index (Phi) is 11.2. The third-order valence-corrected chi connectivity index (χ3v) is 6.75. The van der Waals surface area contributed by atoms with Crippen LogP contribution in [0.4, 0.5) is 11.4 Å². The fraction of sp³-hybridized carbons (Fsp3) is 0.333. The van der Waals surface area contributed by atoms with Crippen LogP contribution in [0.5, 0.6) is 5.75 Å². The van der Waals surface area contributed by atoms with Crippen molar-refractivity contribution < 1.29 is 29.6 Å². The van der Waals surface area contributed by atoms with E-state index in [9.17, 15) is 14.7 Å². The number of benzene rings is 2. The van der Waals surface area contributed by atoms with Crippen molar-refractivity contribution >= 4 is 17.3 Å². The van der Waals surface area contributed by atoms with Gasteiger partial charge in [-0.15, -0.1) is 10.2 Å². The van der Waals surface area contributed by atoms with Gasteiger partial charge in [-0.3, -0.25) is 9.89 Å². The minimum absolute atomic E-state index is 0.0564. The lowest BCUT2D eigenvalue weighted by molar-refractivity contribution is 0.0663. The molecule has 0 fully saturated rings. The summed E-state index contributed by atoms with van der Waals surface area (Å²) in [6.07, 6.45) is 2.10. The van der Waals surface area contributed by atoms with Crippen molar-refractivity contribution in [2.75, 3.05) is 26.3 Å². The number of carbonyl (C=O) groups is 1. The van der Waals surface area contributed by atoms with Crippen molar-refractivity contribution in [3.05, 3.63) is 81.5 Å². The van der Waals surface area contributed by atoms with Gasteiger partial charge in [0.15, 0.2) is 11.4 Å². The van der Waals surface area contributed by atoms with Gasteiger partial charge in [0.05, 0.1) is 30.2 Å². The minimum Gasteiger partial charge on any atom is -0.505 e. The summed E-state index contributed by atoms with van der Waals surface area (Å²) in [7, 11) is 0. The molecule has 43 heavy (non-hydrogen) atoms. The van der Waals surface area contributed by atoms with Gasteiger partial charge < -0.3 is 36.3 Å². The van der Waals surface area contributed by atoms with Gasteiger partial charge in [-0.2, -0.15) is 0 Å². The minimum atomic E-state index is -1.21. The number of phenols is 1. The van der Waals surface area contributed by atoms with Crippen molar-refractivity contribution in [1.29, 1.82) is 0 Å². The fourth-order valence-corrected chi connectivity index (χ4v) is 4.48. The Bertz CT molecular complexity index is 1630. The Balaban J connectivity index is 0.000000566. The molecule has 0 spiro atoms. The smallest absolute Gasteiger partial charge is 0.371 e. The Morgan fingerprint density at radius 1 is 1.07 bits per heavy atom. The number of para-hydroxylation sites is 1. The van der Waals surface area contributed by atoms with E-state index in [-0.39, 0.29) is 58.4 Å². The highest BCUT2D eigenvalue weighted by Crippen LogP contribution is 2.40. The molecule has 0 saturated heterocycles. The van der Waals surface area contributed by atoms with E-state index in [1.165, 1.54) is 34.0 Å². The number of carboxylic acid groups (broad SMARTS) is 1. The lowest BCUT2D eigenvalue weighted by Gasteiger charge is -2.19. The number of aromatic amines is 1. The number of furan rings is 1. The lowest BCUT2D eigenvalue weighted by Crippen LogP contribution is -2.16. The molecular weight excluding hydrogens is 556 g/mol. The first-order valence-electron chi connectivity index (χ1n) is 13.6. The quantitative estimate of drug-likeness (QED) is 0.155. The van der Waals surface area contributed by atoms with Crippen LogP contribution < -0.4 is 17.0 Å². The maximum atomic E-state index is 13.2. The third kappa shape index (κ3) is 7.64. The van der Waals surface area contributed by atoms with Crippen LogP contribution in [-0.4, -0.2) is 62.5 Å². The van der Waals surface area contributed by atoms with Crippen LogP contribution >= 0.6 is 0 Å². The number of nitrogens with zero attached hydrogens (tertiary/aromatic N) is 3. The molecule has 0 aliphatic heterocycles. The number of aromatic carboxylic acids is 1. The average Bonchev–Trinajstić information content (AvgIpc) is 3.69. The van der Waals surface area contributed by atoms with Gasteiger partial charge in [0.2, 0.25) is 5.76 Å². The van der Waals surface area contributed by atoms with Crippen LogP contribution in [0.15, 0.2) is 68.0 Å². The maximum Gasteiger partial charge on any atom is 0.371 e. The molecule has 0 atom stereocenters. The zero-order chi connectivity index (χ0) is 31.7. The van der Waals surface area contributed by atoms with Gasteiger partial charge in [-0.1, -0.05) is 26.0 Å². The number of aryl methyl sites for hydroxylation is 2. The summed E-state index contributed by atoms with van der Waals surface area (Å²) < 4.78 is 6.73. The molecule has 230 valence electrons. The summed E-state index contributed by atoms with van der Waals surface area (Å²) >= 11 is 0. The van der Waals surface area contributed by atoms with E-state index in [4.69, 9.17) is 31.2 Å². The lowest BCUT2D eigenvalue weighted by atomic mass is 9.86. The molecule has 0 bridgehead atoms. The van der Waals surface area contributed by atoms with E-state index in [2.05, 4.69) is 35.2 Å². The second kappa shape index (κ2) is 14.6. The van der Waals surface area contributed by atoms with Crippen LogP contribution in [0.2, 0.25) is 0 Å². The van der Waals surface area contributed by atoms with Gasteiger partial charge >= 0.3 is 5.97 Å². The number of phenolic OH excluding ortho intramolecular Hbond substituents is 1. The van der Waals surface area contributed by atoms with Crippen molar-refractivity contribution in [1.82, 2.24) is 9.78 Å². The second-order valence-corrected chi connectivity index (χ2v) is 10.3. The normalized spacial score (nSPS) is 13.2. The highest BCUT2D eigenvalue weighted by Gasteiger charge is 2.30. The molecule has 0 radical (unpaired) electrons. The maximum absolute atomic E-state index is 13.2. The second-order valence-electron chi connectivity index (χ2n) is 10.3. The number of aliphatic hydroxyl groups excluding tert-OH is 2. The number of rotatable bonds is 7. The number of carboxylic acids is 1. The monoisotopic (exact) mass is 594 g/mol. The number of aliphatic hydroxyl groups is 2. The number of hydrogen-bond acceptors (Lipinski definition) is 10. The molecule has 5 rings (SSSR count). The molecular formula is C30H38N6O7. The summed E-state index contributed by atoms with van der Waals surface area (Å²) in [4.78, 5) is 24.2. The number of nitrogens with one attached hydrogen (secondary N) is 1. The molecule has 1 aliphatic carbocycles. The van der Waals surface area contributed by atoms with E-state index in [1.54, 1.807) is 19.1 Å². The Morgan fingerprint density at radius 3 is 2.35 bits per heavy atom. The molecule has 0 saturated carbocycles. The summed E-state index contributed by atoms with van der Waals surface area (Å²) in [5.74, 6) is -1.52. The number of aromatic hydroxyl groups is 1. The molecule has 2 heterocycles. The van der Waals surface area contributed by atoms with Gasteiger partial charge in [0.25, 0.3) is 5.56 Å². The summed E-state index contributed by atoms with van der Waals surface area (Å²) in [6.45, 7) is 7.09. The topological polar surface area (TPSA) is 226 Å². The SMILES string of the molecule is Cc1[nH]n(-c2ccc3c(c2)C(C)(C)CC3)c(=O)c1N=Nc1cccc(-c2ccc(C(=O)O)o2)c1O.NCCO.NCCO. The highest BCUT2D eigenvalue weighted by molar-refractivity contribution is 5.85. The Labute approximate surface area is 248 Å². The molecule has 2 aromatic heterocycles. The summed E-state index contributed by atoms with van der Waals surface area (Å²) in [5.41, 5.74) is 13.6. The zero-order valence-corrected chi connectivity index (χ0v) is 24.4. The van der Waals surface area contributed by atoms with Gasteiger partial charge in [-0.25, -0.2) is 9.48 Å². The van der Waals surface area contributed by atoms with E-state index in [0.717, 1.165) is 18.5 Å². The summed E-state index contributed by atoms with van der Waals surface area (Å²) in [6, 6.07) is 13.5. The fourth-order valence-electron chi connectivity index (χ4n) is 4.48. The standard InChI is InChI=1S/C26H24N4O5.2C2H7NO/c1-14-22(24(32)30(29-14)16-8-7-15-11-12-26(2,3)18(15)13-16)28-27-19-6-4-5-17(23(19)31)20-9-10-21(35-20)25(33)34;2*3-1-2-4/h4-10,13,29,31H,11-12H2,1-3H3,(H,33,34);2*4H,1-3H2. The Morgan fingerprint density at radius 2 is 1.74 bits per heavy atom. The zero-order valence-electron chi connectivity index (χ0n) is 24.4. The number of hydrogen-bond donors (Lipinski definition) is 7. The van der Waals surface area contributed by atoms with E-state index in [0.29, 0.717) is 18.8 Å². The molecule has 13 nitrogen and oxygen atoms in total. The predicted octanol–water partition coefficient (Wildman–Crippen LogP) is 3.65. The molecule has 9 N–H and O–H groups in total. The van der Waals surface area contributed by atoms with Crippen molar-refractivity contribution in [3.63, 3.8) is 0 Å². The van der Waals surface area contributed by atoms with Crippen LogP contribution in [0.3, 0.4) is 0 Å².